The first-order valence-corrected chi connectivity index (χ1v) is 6.68. The third-order valence-electron chi connectivity index (χ3n) is 3.16. The monoisotopic (exact) mass is 288 g/mol. The summed E-state index contributed by atoms with van der Waals surface area (Å²) in [4.78, 5) is 19.5. The van der Waals surface area contributed by atoms with E-state index < -0.39 is 5.91 Å². The molecule has 1 amide bonds. The molecule has 2 heterocycles. The van der Waals surface area contributed by atoms with Gasteiger partial charge in [0.2, 0.25) is 0 Å². The minimum Gasteiger partial charge on any atom is -0.359 e. The number of anilines is 1. The van der Waals surface area contributed by atoms with Gasteiger partial charge in [-0.25, -0.2) is 0 Å². The minimum atomic E-state index is -0.445. The summed E-state index contributed by atoms with van der Waals surface area (Å²) in [5.41, 5.74) is 2.95. The topological polar surface area (TPSA) is 81.6 Å². The van der Waals surface area contributed by atoms with Crippen LogP contribution in [0, 0.1) is 11.3 Å². The van der Waals surface area contributed by atoms with Crippen LogP contribution in [0.3, 0.4) is 0 Å². The third kappa shape index (κ3) is 2.72. The SMILES string of the molecule is N#CC(=Cc1c[nH]c2cccnc12)C(=O)Nc1ccccc1. The van der Waals surface area contributed by atoms with E-state index in [0.717, 1.165) is 11.0 Å². The number of nitrogens with zero attached hydrogens (tertiary/aromatic N) is 2. The van der Waals surface area contributed by atoms with Gasteiger partial charge in [-0.3, -0.25) is 9.78 Å². The number of hydrogen-bond donors (Lipinski definition) is 2. The number of fused-ring (bicyclic) bond motifs is 1. The zero-order valence-electron chi connectivity index (χ0n) is 11.6. The Bertz CT molecular complexity index is 888. The van der Waals surface area contributed by atoms with E-state index in [1.807, 2.05) is 36.4 Å². The molecule has 1 aromatic carbocycles. The Labute approximate surface area is 126 Å². The van der Waals surface area contributed by atoms with E-state index in [-0.39, 0.29) is 5.57 Å². The van der Waals surface area contributed by atoms with Gasteiger partial charge >= 0.3 is 0 Å². The molecule has 0 saturated heterocycles. The van der Waals surface area contributed by atoms with Gasteiger partial charge in [0.05, 0.1) is 11.0 Å². The fraction of sp³-hybridized carbons (Fsp3) is 0. The lowest BCUT2D eigenvalue weighted by molar-refractivity contribution is -0.112. The number of nitrogens with one attached hydrogen (secondary N) is 2. The van der Waals surface area contributed by atoms with Gasteiger partial charge < -0.3 is 10.3 Å². The Hall–Kier alpha value is -3.39. The lowest BCUT2D eigenvalue weighted by Gasteiger charge is -2.03. The molecule has 5 heteroatoms. The number of H-pyrrole nitrogens is 1. The van der Waals surface area contributed by atoms with Gasteiger partial charge in [-0.05, 0) is 30.3 Å². The van der Waals surface area contributed by atoms with Crippen molar-refractivity contribution in [3.63, 3.8) is 0 Å². The van der Waals surface area contributed by atoms with Crippen LogP contribution in [0.25, 0.3) is 17.1 Å². The summed E-state index contributed by atoms with van der Waals surface area (Å²) in [5, 5.41) is 11.9. The van der Waals surface area contributed by atoms with Crippen molar-refractivity contribution in [3.05, 3.63) is 66.0 Å². The number of carbonyl (C=O) groups excluding carboxylic acids is 1. The van der Waals surface area contributed by atoms with Crippen LogP contribution in [0.1, 0.15) is 5.56 Å². The maximum absolute atomic E-state index is 12.2. The normalized spacial score (nSPS) is 11.1. The van der Waals surface area contributed by atoms with E-state index >= 15 is 0 Å². The number of aromatic amines is 1. The van der Waals surface area contributed by atoms with Gasteiger partial charge in [0.1, 0.15) is 11.6 Å². The number of aromatic nitrogens is 2. The molecule has 106 valence electrons. The van der Waals surface area contributed by atoms with Crippen molar-refractivity contribution in [3.8, 4) is 6.07 Å². The number of para-hydroxylation sites is 1. The van der Waals surface area contributed by atoms with Crippen molar-refractivity contribution in [1.82, 2.24) is 9.97 Å². The molecule has 0 radical (unpaired) electrons. The largest absolute Gasteiger partial charge is 0.359 e. The van der Waals surface area contributed by atoms with Crippen LogP contribution in [0.5, 0.6) is 0 Å². The second-order valence-electron chi connectivity index (χ2n) is 4.63. The molecule has 3 rings (SSSR count). The van der Waals surface area contributed by atoms with Crippen LogP contribution in [0.15, 0.2) is 60.4 Å². The maximum Gasteiger partial charge on any atom is 0.266 e. The molecule has 0 aliphatic rings. The molecule has 0 aliphatic carbocycles. The number of amides is 1. The molecule has 2 aromatic heterocycles. The predicted octanol–water partition coefficient (Wildman–Crippen LogP) is 3.11. The zero-order valence-corrected chi connectivity index (χ0v) is 11.6. The van der Waals surface area contributed by atoms with Crippen molar-refractivity contribution in [1.29, 1.82) is 5.26 Å². The van der Waals surface area contributed by atoms with Crippen molar-refractivity contribution in [2.75, 3.05) is 5.32 Å². The fourth-order valence-electron chi connectivity index (χ4n) is 2.11. The summed E-state index contributed by atoms with van der Waals surface area (Å²) in [6.07, 6.45) is 4.93. The Kier molecular flexibility index (Phi) is 3.67. The molecule has 0 atom stereocenters. The molecule has 2 N–H and O–H groups in total. The van der Waals surface area contributed by atoms with Crippen LogP contribution < -0.4 is 5.32 Å². The fourth-order valence-corrected chi connectivity index (χ4v) is 2.11. The summed E-state index contributed by atoms with van der Waals surface area (Å²) in [6, 6.07) is 14.6. The zero-order chi connectivity index (χ0) is 15.4. The van der Waals surface area contributed by atoms with E-state index in [2.05, 4.69) is 15.3 Å². The highest BCUT2D eigenvalue weighted by molar-refractivity contribution is 6.10. The number of benzene rings is 1. The smallest absolute Gasteiger partial charge is 0.266 e. The molecule has 0 aliphatic heterocycles. The average Bonchev–Trinajstić information content (AvgIpc) is 2.96. The number of carbonyl (C=O) groups is 1. The van der Waals surface area contributed by atoms with Gasteiger partial charge in [-0.15, -0.1) is 0 Å². The highest BCUT2D eigenvalue weighted by atomic mass is 16.1. The lowest BCUT2D eigenvalue weighted by Crippen LogP contribution is -2.13. The number of hydrogen-bond acceptors (Lipinski definition) is 3. The first-order chi connectivity index (χ1) is 10.8. The van der Waals surface area contributed by atoms with Gasteiger partial charge in [0.15, 0.2) is 0 Å². The third-order valence-corrected chi connectivity index (χ3v) is 3.16. The molecule has 22 heavy (non-hydrogen) atoms. The summed E-state index contributed by atoms with van der Waals surface area (Å²) < 4.78 is 0. The molecule has 0 saturated carbocycles. The number of nitriles is 1. The average molecular weight is 288 g/mol. The van der Waals surface area contributed by atoms with Crippen molar-refractivity contribution < 1.29 is 4.79 Å². The Morgan fingerprint density at radius 3 is 2.82 bits per heavy atom. The Morgan fingerprint density at radius 2 is 2.05 bits per heavy atom. The Morgan fingerprint density at radius 1 is 1.23 bits per heavy atom. The predicted molar refractivity (Wildman–Crippen MR) is 84.8 cm³/mol. The molecular formula is C17H12N4O. The second-order valence-corrected chi connectivity index (χ2v) is 4.63. The molecule has 0 unspecified atom stereocenters. The van der Waals surface area contributed by atoms with E-state index in [1.165, 1.54) is 6.08 Å². The van der Waals surface area contributed by atoms with E-state index in [0.29, 0.717) is 11.3 Å². The number of pyridine rings is 1. The van der Waals surface area contributed by atoms with E-state index in [9.17, 15) is 10.1 Å². The molecule has 3 aromatic rings. The van der Waals surface area contributed by atoms with Crippen LogP contribution in [-0.2, 0) is 4.79 Å². The van der Waals surface area contributed by atoms with E-state index in [1.54, 1.807) is 24.5 Å². The summed E-state index contributed by atoms with van der Waals surface area (Å²) in [6.45, 7) is 0. The second kappa shape index (κ2) is 5.94. The highest BCUT2D eigenvalue weighted by Crippen LogP contribution is 2.18. The van der Waals surface area contributed by atoms with Gasteiger partial charge in [0.25, 0.3) is 5.91 Å². The molecule has 5 nitrogen and oxygen atoms in total. The van der Waals surface area contributed by atoms with Crippen LogP contribution in [-0.4, -0.2) is 15.9 Å². The number of rotatable bonds is 3. The van der Waals surface area contributed by atoms with Crippen molar-refractivity contribution in [2.45, 2.75) is 0 Å². The minimum absolute atomic E-state index is 0.0235. The Balaban J connectivity index is 1.90. The van der Waals surface area contributed by atoms with Gasteiger partial charge in [0, 0.05) is 23.6 Å². The van der Waals surface area contributed by atoms with Crippen molar-refractivity contribution in [2.24, 2.45) is 0 Å². The quantitative estimate of drug-likeness (QED) is 0.574. The standard InChI is InChI=1S/C17H12N4O/c18-10-12(17(22)21-14-5-2-1-3-6-14)9-13-11-20-15-7-4-8-19-16(13)15/h1-9,11,20H,(H,21,22). The molecule has 0 spiro atoms. The van der Waals surface area contributed by atoms with E-state index in [4.69, 9.17) is 0 Å². The molecule has 0 fully saturated rings. The lowest BCUT2D eigenvalue weighted by atomic mass is 10.1. The highest BCUT2D eigenvalue weighted by Gasteiger charge is 2.11. The molecule has 0 bridgehead atoms. The molecular weight excluding hydrogens is 276 g/mol. The van der Waals surface area contributed by atoms with Crippen molar-refractivity contribution >= 4 is 28.7 Å². The first-order valence-electron chi connectivity index (χ1n) is 6.68. The van der Waals surface area contributed by atoms with Gasteiger partial charge in [-0.1, -0.05) is 18.2 Å². The summed E-state index contributed by atoms with van der Waals surface area (Å²) in [7, 11) is 0. The summed E-state index contributed by atoms with van der Waals surface area (Å²) >= 11 is 0. The van der Waals surface area contributed by atoms with Crippen LogP contribution in [0.2, 0.25) is 0 Å². The van der Waals surface area contributed by atoms with Crippen LogP contribution >= 0.6 is 0 Å². The van der Waals surface area contributed by atoms with Crippen LogP contribution in [0.4, 0.5) is 5.69 Å². The maximum atomic E-state index is 12.2. The van der Waals surface area contributed by atoms with Gasteiger partial charge in [-0.2, -0.15) is 5.26 Å². The first kappa shape index (κ1) is 13.6. The summed E-state index contributed by atoms with van der Waals surface area (Å²) in [5.74, 6) is -0.445.